The van der Waals surface area contributed by atoms with E-state index in [9.17, 15) is 0 Å². The summed E-state index contributed by atoms with van der Waals surface area (Å²) in [5.74, 6) is 0. The van der Waals surface area contributed by atoms with E-state index in [2.05, 4.69) is 43.1 Å². The highest BCUT2D eigenvalue weighted by molar-refractivity contribution is 5.52. The van der Waals surface area contributed by atoms with Crippen molar-refractivity contribution in [2.45, 2.75) is 44.6 Å². The molecule has 0 unspecified atom stereocenters. The van der Waals surface area contributed by atoms with Gasteiger partial charge in [-0.1, -0.05) is 37.5 Å². The maximum Gasteiger partial charge on any atom is 0.0393 e. The number of rotatable bonds is 3. The summed E-state index contributed by atoms with van der Waals surface area (Å²) >= 11 is 0. The van der Waals surface area contributed by atoms with E-state index in [1.54, 1.807) is 0 Å². The molecule has 1 fully saturated rings. The number of aryl methyl sites for hydroxylation is 1. The molecule has 0 aliphatic heterocycles. The highest BCUT2D eigenvalue weighted by Crippen LogP contribution is 2.28. The first kappa shape index (κ1) is 12.4. The molecule has 0 radical (unpaired) electrons. The Morgan fingerprint density at radius 3 is 2.47 bits per heavy atom. The van der Waals surface area contributed by atoms with Gasteiger partial charge in [-0.05, 0) is 31.4 Å². The Labute approximate surface area is 105 Å². The van der Waals surface area contributed by atoms with Crippen LogP contribution in [0.4, 0.5) is 5.69 Å². The van der Waals surface area contributed by atoms with E-state index >= 15 is 0 Å². The Balaban J connectivity index is 2.06. The van der Waals surface area contributed by atoms with Crippen molar-refractivity contribution in [3.05, 3.63) is 29.8 Å². The van der Waals surface area contributed by atoms with E-state index in [1.165, 1.54) is 43.4 Å². The molecule has 1 aromatic carbocycles. The van der Waals surface area contributed by atoms with Crippen molar-refractivity contribution in [3.8, 4) is 0 Å². The zero-order valence-corrected chi connectivity index (χ0v) is 11.1. The molecule has 0 amide bonds. The summed E-state index contributed by atoms with van der Waals surface area (Å²) < 4.78 is 0. The van der Waals surface area contributed by atoms with Crippen LogP contribution in [-0.2, 0) is 0 Å². The van der Waals surface area contributed by atoms with Crippen molar-refractivity contribution >= 4 is 5.69 Å². The molecular weight excluding hydrogens is 208 g/mol. The minimum Gasteiger partial charge on any atom is -0.373 e. The molecule has 0 atom stereocenters. The SMILES string of the molecule is Cc1ccccc1N(C)CC1(N)CCCCC1. The number of anilines is 1. The fourth-order valence-corrected chi connectivity index (χ4v) is 2.96. The maximum atomic E-state index is 6.51. The van der Waals surface area contributed by atoms with E-state index in [-0.39, 0.29) is 5.54 Å². The van der Waals surface area contributed by atoms with Crippen molar-refractivity contribution in [3.63, 3.8) is 0 Å². The van der Waals surface area contributed by atoms with Crippen molar-refractivity contribution in [1.29, 1.82) is 0 Å². The molecule has 0 spiro atoms. The van der Waals surface area contributed by atoms with Crippen LogP contribution >= 0.6 is 0 Å². The minimum absolute atomic E-state index is 0.0231. The minimum atomic E-state index is 0.0231. The number of likely N-dealkylation sites (N-methyl/N-ethyl adjacent to an activating group) is 1. The number of nitrogens with zero attached hydrogens (tertiary/aromatic N) is 1. The highest BCUT2D eigenvalue weighted by Gasteiger charge is 2.28. The monoisotopic (exact) mass is 232 g/mol. The summed E-state index contributed by atoms with van der Waals surface area (Å²) in [4.78, 5) is 2.32. The lowest BCUT2D eigenvalue weighted by molar-refractivity contribution is 0.301. The van der Waals surface area contributed by atoms with Gasteiger partial charge in [-0.2, -0.15) is 0 Å². The summed E-state index contributed by atoms with van der Waals surface area (Å²) in [7, 11) is 2.16. The van der Waals surface area contributed by atoms with Gasteiger partial charge in [-0.25, -0.2) is 0 Å². The molecule has 94 valence electrons. The smallest absolute Gasteiger partial charge is 0.0393 e. The Kier molecular flexibility index (Phi) is 3.72. The van der Waals surface area contributed by atoms with Crippen LogP contribution in [0.2, 0.25) is 0 Å². The molecule has 0 aromatic heterocycles. The van der Waals surface area contributed by atoms with Gasteiger partial charge in [0.05, 0.1) is 0 Å². The van der Waals surface area contributed by atoms with Crippen molar-refractivity contribution in [1.82, 2.24) is 0 Å². The van der Waals surface area contributed by atoms with Crippen LogP contribution in [0, 0.1) is 6.92 Å². The van der Waals surface area contributed by atoms with Gasteiger partial charge in [0.25, 0.3) is 0 Å². The van der Waals surface area contributed by atoms with Crippen molar-refractivity contribution in [2.75, 3.05) is 18.5 Å². The van der Waals surface area contributed by atoms with Gasteiger partial charge >= 0.3 is 0 Å². The molecule has 1 aromatic rings. The normalized spacial score (nSPS) is 19.0. The Morgan fingerprint density at radius 2 is 1.82 bits per heavy atom. The molecule has 0 heterocycles. The van der Waals surface area contributed by atoms with Gasteiger partial charge in [0.15, 0.2) is 0 Å². The van der Waals surface area contributed by atoms with Crippen molar-refractivity contribution < 1.29 is 0 Å². The second-order valence-electron chi connectivity index (χ2n) is 5.57. The highest BCUT2D eigenvalue weighted by atomic mass is 15.1. The lowest BCUT2D eigenvalue weighted by Gasteiger charge is -2.38. The molecule has 2 N–H and O–H groups in total. The first-order valence-electron chi connectivity index (χ1n) is 6.66. The third-order valence-corrected chi connectivity index (χ3v) is 3.93. The molecule has 0 saturated heterocycles. The zero-order chi connectivity index (χ0) is 12.3. The average Bonchev–Trinajstić information content (AvgIpc) is 2.29. The van der Waals surface area contributed by atoms with E-state index < -0.39 is 0 Å². The largest absolute Gasteiger partial charge is 0.373 e. The summed E-state index contributed by atoms with van der Waals surface area (Å²) in [6.45, 7) is 3.13. The van der Waals surface area contributed by atoms with Gasteiger partial charge in [0.2, 0.25) is 0 Å². The van der Waals surface area contributed by atoms with Crippen LogP contribution in [0.5, 0.6) is 0 Å². The van der Waals surface area contributed by atoms with Gasteiger partial charge in [-0.3, -0.25) is 0 Å². The zero-order valence-electron chi connectivity index (χ0n) is 11.1. The molecule has 2 heteroatoms. The second-order valence-corrected chi connectivity index (χ2v) is 5.57. The standard InChI is InChI=1S/C15H24N2/c1-13-8-4-5-9-14(13)17(2)12-15(16)10-6-3-7-11-15/h4-5,8-9H,3,6-7,10-12,16H2,1-2H3. The van der Waals surface area contributed by atoms with Gasteiger partial charge < -0.3 is 10.6 Å². The fraction of sp³-hybridized carbons (Fsp3) is 0.600. The summed E-state index contributed by atoms with van der Waals surface area (Å²) in [5, 5.41) is 0. The summed E-state index contributed by atoms with van der Waals surface area (Å²) in [6.07, 6.45) is 6.27. The Bertz CT molecular complexity index is 367. The molecule has 17 heavy (non-hydrogen) atoms. The van der Waals surface area contributed by atoms with Crippen LogP contribution in [0.1, 0.15) is 37.7 Å². The van der Waals surface area contributed by atoms with Crippen LogP contribution in [0.15, 0.2) is 24.3 Å². The third kappa shape index (κ3) is 3.01. The molecule has 1 saturated carbocycles. The van der Waals surface area contributed by atoms with Gasteiger partial charge in [-0.15, -0.1) is 0 Å². The Hall–Kier alpha value is -1.02. The predicted molar refractivity (Wildman–Crippen MR) is 74.5 cm³/mol. The fourth-order valence-electron chi connectivity index (χ4n) is 2.96. The van der Waals surface area contributed by atoms with E-state index in [0.717, 1.165) is 6.54 Å². The lowest BCUT2D eigenvalue weighted by atomic mass is 9.82. The molecule has 2 nitrogen and oxygen atoms in total. The number of hydrogen-bond donors (Lipinski definition) is 1. The first-order chi connectivity index (χ1) is 8.11. The lowest BCUT2D eigenvalue weighted by Crippen LogP contribution is -2.50. The average molecular weight is 232 g/mol. The van der Waals surface area contributed by atoms with Crippen LogP contribution in [-0.4, -0.2) is 19.1 Å². The summed E-state index contributed by atoms with van der Waals surface area (Å²) in [5.41, 5.74) is 9.17. The van der Waals surface area contributed by atoms with Crippen LogP contribution < -0.4 is 10.6 Å². The molecular formula is C15H24N2. The number of nitrogens with two attached hydrogens (primary N) is 1. The summed E-state index contributed by atoms with van der Waals surface area (Å²) in [6, 6.07) is 8.53. The number of para-hydroxylation sites is 1. The van der Waals surface area contributed by atoms with Crippen molar-refractivity contribution in [2.24, 2.45) is 5.73 Å². The molecule has 1 aliphatic carbocycles. The predicted octanol–water partition coefficient (Wildman–Crippen LogP) is 3.09. The maximum absolute atomic E-state index is 6.51. The molecule has 1 aliphatic rings. The van der Waals surface area contributed by atoms with Gasteiger partial charge in [0, 0.05) is 24.8 Å². The molecule has 2 rings (SSSR count). The number of benzene rings is 1. The third-order valence-electron chi connectivity index (χ3n) is 3.93. The first-order valence-corrected chi connectivity index (χ1v) is 6.66. The van der Waals surface area contributed by atoms with E-state index in [1.807, 2.05) is 0 Å². The van der Waals surface area contributed by atoms with E-state index in [0.29, 0.717) is 0 Å². The van der Waals surface area contributed by atoms with E-state index in [4.69, 9.17) is 5.73 Å². The quantitative estimate of drug-likeness (QED) is 0.867. The topological polar surface area (TPSA) is 29.3 Å². The second kappa shape index (κ2) is 5.09. The van der Waals surface area contributed by atoms with Crippen LogP contribution in [0.25, 0.3) is 0 Å². The van der Waals surface area contributed by atoms with Crippen LogP contribution in [0.3, 0.4) is 0 Å². The number of hydrogen-bond acceptors (Lipinski definition) is 2. The Morgan fingerprint density at radius 1 is 1.18 bits per heavy atom. The van der Waals surface area contributed by atoms with Gasteiger partial charge in [0.1, 0.15) is 0 Å². The molecule has 0 bridgehead atoms.